The van der Waals surface area contributed by atoms with Gasteiger partial charge in [0, 0.05) is 5.57 Å². The molecule has 0 aromatic heterocycles. The molecule has 0 saturated heterocycles. The third-order valence-corrected chi connectivity index (χ3v) is 2.94. The van der Waals surface area contributed by atoms with Gasteiger partial charge in [0.25, 0.3) is 0 Å². The lowest BCUT2D eigenvalue weighted by Crippen LogP contribution is -2.28. The fourth-order valence-corrected chi connectivity index (χ4v) is 1.66. The lowest BCUT2D eigenvalue weighted by Gasteiger charge is -2.10. The summed E-state index contributed by atoms with van der Waals surface area (Å²) in [6.07, 6.45) is -0.540. The molecule has 0 saturated carbocycles. The predicted molar refractivity (Wildman–Crippen MR) is 84.5 cm³/mol. The molecule has 0 atom stereocenters. The summed E-state index contributed by atoms with van der Waals surface area (Å²) >= 11 is 0. The highest BCUT2D eigenvalue weighted by atomic mass is 16.6. The molecule has 0 radical (unpaired) electrons. The van der Waals surface area contributed by atoms with Gasteiger partial charge in [-0.15, -0.1) is 0 Å². The summed E-state index contributed by atoms with van der Waals surface area (Å²) in [4.78, 5) is 22.6. The highest BCUT2D eigenvalue weighted by molar-refractivity contribution is 5.86. The van der Waals surface area contributed by atoms with Crippen molar-refractivity contribution in [3.8, 4) is 0 Å². The van der Waals surface area contributed by atoms with E-state index in [4.69, 9.17) is 9.47 Å². The molecule has 5 nitrogen and oxygen atoms in total. The summed E-state index contributed by atoms with van der Waals surface area (Å²) < 4.78 is 9.96. The van der Waals surface area contributed by atoms with Crippen LogP contribution in [0.4, 0.5) is 4.79 Å². The molecular weight excluding hydrogens is 282 g/mol. The number of hydrogen-bond acceptors (Lipinski definition) is 4. The number of amides is 1. The second-order valence-corrected chi connectivity index (χ2v) is 5.32. The molecule has 1 aromatic rings. The van der Waals surface area contributed by atoms with E-state index in [1.165, 1.54) is 5.56 Å². The first-order chi connectivity index (χ1) is 10.4. The van der Waals surface area contributed by atoms with E-state index in [1.54, 1.807) is 6.92 Å². The van der Waals surface area contributed by atoms with Gasteiger partial charge in [0.2, 0.25) is 0 Å². The molecule has 0 aliphatic carbocycles. The minimum absolute atomic E-state index is 0.0869. The third-order valence-electron chi connectivity index (χ3n) is 2.94. The maximum absolute atomic E-state index is 11.5. The Kier molecular flexibility index (Phi) is 7.16. The molecule has 120 valence electrons. The fraction of sp³-hybridized carbons (Fsp3) is 0.412. The number of carbonyl (C=O) groups is 2. The van der Waals surface area contributed by atoms with Crippen molar-refractivity contribution in [1.29, 1.82) is 0 Å². The Labute approximate surface area is 131 Å². The van der Waals surface area contributed by atoms with Crippen molar-refractivity contribution in [1.82, 2.24) is 5.32 Å². The zero-order valence-electron chi connectivity index (χ0n) is 13.3. The van der Waals surface area contributed by atoms with Crippen LogP contribution in [0.25, 0.3) is 0 Å². The van der Waals surface area contributed by atoms with Crippen LogP contribution in [0.1, 0.15) is 37.8 Å². The van der Waals surface area contributed by atoms with Gasteiger partial charge in [0.05, 0.1) is 6.54 Å². The van der Waals surface area contributed by atoms with Gasteiger partial charge >= 0.3 is 12.1 Å². The molecule has 0 unspecified atom stereocenters. The Morgan fingerprint density at radius 2 is 2.00 bits per heavy atom. The van der Waals surface area contributed by atoms with E-state index in [-0.39, 0.29) is 19.8 Å². The van der Waals surface area contributed by atoms with Crippen LogP contribution < -0.4 is 5.32 Å². The molecule has 1 N–H and O–H groups in total. The van der Waals surface area contributed by atoms with Gasteiger partial charge in [-0.25, -0.2) is 9.59 Å². The smallest absolute Gasteiger partial charge is 0.407 e. The molecule has 5 heteroatoms. The van der Waals surface area contributed by atoms with Crippen LogP contribution in [0, 0.1) is 0 Å². The van der Waals surface area contributed by atoms with E-state index >= 15 is 0 Å². The molecule has 1 aromatic carbocycles. The Balaban J connectivity index is 2.27. The second kappa shape index (κ2) is 8.87. The first kappa shape index (κ1) is 17.8. The van der Waals surface area contributed by atoms with Crippen LogP contribution in [-0.4, -0.2) is 25.2 Å². The van der Waals surface area contributed by atoms with Gasteiger partial charge in [-0.3, -0.25) is 0 Å². The van der Waals surface area contributed by atoms with E-state index in [1.807, 2.05) is 24.3 Å². The van der Waals surface area contributed by atoms with Gasteiger partial charge in [0.15, 0.2) is 0 Å². The van der Waals surface area contributed by atoms with Gasteiger partial charge in [0.1, 0.15) is 13.2 Å². The lowest BCUT2D eigenvalue weighted by atomic mass is 10.0. The van der Waals surface area contributed by atoms with Gasteiger partial charge in [-0.05, 0) is 24.0 Å². The van der Waals surface area contributed by atoms with Crippen molar-refractivity contribution in [2.45, 2.75) is 33.3 Å². The predicted octanol–water partition coefficient (Wildman–Crippen LogP) is 3.16. The van der Waals surface area contributed by atoms with Gasteiger partial charge in [-0.2, -0.15) is 0 Å². The first-order valence-electron chi connectivity index (χ1n) is 7.22. The van der Waals surface area contributed by atoms with Crippen molar-refractivity contribution >= 4 is 12.1 Å². The van der Waals surface area contributed by atoms with E-state index in [9.17, 15) is 9.59 Å². The maximum Gasteiger partial charge on any atom is 0.407 e. The van der Waals surface area contributed by atoms with Gasteiger partial charge in [-0.1, -0.05) is 44.7 Å². The summed E-state index contributed by atoms with van der Waals surface area (Å²) in [5, 5.41) is 2.52. The van der Waals surface area contributed by atoms with E-state index in [0.29, 0.717) is 11.5 Å². The van der Waals surface area contributed by atoms with Crippen LogP contribution in [0.15, 0.2) is 36.4 Å². The summed E-state index contributed by atoms with van der Waals surface area (Å²) in [5.74, 6) is -0.0440. The first-order valence-corrected chi connectivity index (χ1v) is 7.22. The quantitative estimate of drug-likeness (QED) is 0.477. The third kappa shape index (κ3) is 6.43. The van der Waals surface area contributed by atoms with Gasteiger partial charge < -0.3 is 14.8 Å². The maximum atomic E-state index is 11.5. The average molecular weight is 305 g/mol. The molecule has 0 bridgehead atoms. The zero-order valence-corrected chi connectivity index (χ0v) is 13.3. The number of esters is 1. The minimum Gasteiger partial charge on any atom is -0.460 e. The zero-order chi connectivity index (χ0) is 16.5. The van der Waals surface area contributed by atoms with E-state index in [2.05, 4.69) is 25.7 Å². The summed E-state index contributed by atoms with van der Waals surface area (Å²) in [6, 6.07) is 7.92. The summed E-state index contributed by atoms with van der Waals surface area (Å²) in [5.41, 5.74) is 2.47. The highest BCUT2D eigenvalue weighted by Crippen LogP contribution is 2.15. The SMILES string of the molecule is C=C(C)C(=O)OCCNC(=O)OCc1cccc(C(C)C)c1. The Morgan fingerprint density at radius 3 is 2.64 bits per heavy atom. The second-order valence-electron chi connectivity index (χ2n) is 5.32. The van der Waals surface area contributed by atoms with Crippen molar-refractivity contribution in [3.05, 3.63) is 47.5 Å². The Morgan fingerprint density at radius 1 is 1.27 bits per heavy atom. The largest absolute Gasteiger partial charge is 0.460 e. The van der Waals surface area contributed by atoms with E-state index < -0.39 is 12.1 Å². The molecule has 0 aliphatic rings. The number of carbonyl (C=O) groups excluding carboxylic acids is 2. The topological polar surface area (TPSA) is 64.6 Å². The number of ether oxygens (including phenoxy) is 2. The van der Waals surface area contributed by atoms with Crippen molar-refractivity contribution in [2.75, 3.05) is 13.2 Å². The molecule has 0 spiro atoms. The van der Waals surface area contributed by atoms with Crippen LogP contribution in [0.5, 0.6) is 0 Å². The lowest BCUT2D eigenvalue weighted by molar-refractivity contribution is -0.138. The molecule has 1 rings (SSSR count). The molecule has 0 aliphatic heterocycles. The molecule has 0 heterocycles. The Bertz CT molecular complexity index is 537. The molecule has 1 amide bonds. The molecule has 22 heavy (non-hydrogen) atoms. The standard InChI is InChI=1S/C17H23NO4/c1-12(2)15-7-5-6-14(10-15)11-22-17(20)18-8-9-21-16(19)13(3)4/h5-7,10,12H,3,8-9,11H2,1-2,4H3,(H,18,20). The number of nitrogens with one attached hydrogen (secondary N) is 1. The van der Waals surface area contributed by atoms with Crippen molar-refractivity contribution < 1.29 is 19.1 Å². The van der Waals surface area contributed by atoms with Crippen LogP contribution in [0.3, 0.4) is 0 Å². The number of alkyl carbamates (subject to hydrolysis) is 1. The van der Waals surface area contributed by atoms with Crippen LogP contribution in [0.2, 0.25) is 0 Å². The van der Waals surface area contributed by atoms with Crippen LogP contribution in [-0.2, 0) is 20.9 Å². The Hall–Kier alpha value is -2.30. The number of rotatable bonds is 7. The van der Waals surface area contributed by atoms with Crippen molar-refractivity contribution in [2.24, 2.45) is 0 Å². The van der Waals surface area contributed by atoms with E-state index in [0.717, 1.165) is 5.56 Å². The minimum atomic E-state index is -0.540. The van der Waals surface area contributed by atoms with Crippen LogP contribution >= 0.6 is 0 Å². The molecule has 0 fully saturated rings. The summed E-state index contributed by atoms with van der Waals surface area (Å²) in [7, 11) is 0. The fourth-order valence-electron chi connectivity index (χ4n) is 1.66. The monoisotopic (exact) mass is 305 g/mol. The number of hydrogen-bond donors (Lipinski definition) is 1. The average Bonchev–Trinajstić information content (AvgIpc) is 2.49. The summed E-state index contributed by atoms with van der Waals surface area (Å²) in [6.45, 7) is 9.74. The molecular formula is C17H23NO4. The normalized spacial score (nSPS) is 10.2. The highest BCUT2D eigenvalue weighted by Gasteiger charge is 2.06. The van der Waals surface area contributed by atoms with Crippen molar-refractivity contribution in [3.63, 3.8) is 0 Å². The number of benzene rings is 1.